The molecule has 0 spiro atoms. The molecule has 0 saturated heterocycles. The number of allylic oxidation sites excluding steroid dienone is 1. The molecule has 1 amide bonds. The zero-order valence-corrected chi connectivity index (χ0v) is 13.9. The molecule has 3 nitrogen and oxygen atoms in total. The van der Waals surface area contributed by atoms with Crippen molar-refractivity contribution in [2.75, 3.05) is 18.4 Å². The van der Waals surface area contributed by atoms with Crippen LogP contribution in [-0.4, -0.2) is 19.0 Å². The molecule has 0 radical (unpaired) electrons. The second kappa shape index (κ2) is 8.74. The van der Waals surface area contributed by atoms with E-state index in [1.807, 2.05) is 19.1 Å². The van der Waals surface area contributed by atoms with Gasteiger partial charge < -0.3 is 10.6 Å². The quantitative estimate of drug-likeness (QED) is 0.591. The predicted octanol–water partition coefficient (Wildman–Crippen LogP) is 3.98. The number of anilines is 1. The van der Waals surface area contributed by atoms with Crippen molar-refractivity contribution in [3.8, 4) is 0 Å². The van der Waals surface area contributed by atoms with Crippen molar-refractivity contribution >= 4 is 11.6 Å². The summed E-state index contributed by atoms with van der Waals surface area (Å²) >= 11 is 0. The van der Waals surface area contributed by atoms with E-state index in [-0.39, 0.29) is 5.91 Å². The first-order chi connectivity index (χ1) is 10.7. The highest BCUT2D eigenvalue weighted by molar-refractivity contribution is 5.93. The molecule has 0 unspecified atom stereocenters. The Bertz CT molecular complexity index is 534. The van der Waals surface area contributed by atoms with Crippen LogP contribution in [0.2, 0.25) is 0 Å². The van der Waals surface area contributed by atoms with Gasteiger partial charge in [0, 0.05) is 5.69 Å². The molecule has 1 aliphatic carbocycles. The van der Waals surface area contributed by atoms with Crippen molar-refractivity contribution in [1.82, 2.24) is 5.32 Å². The molecule has 0 heterocycles. The number of rotatable bonds is 7. The van der Waals surface area contributed by atoms with Crippen molar-refractivity contribution in [2.45, 2.75) is 52.4 Å². The molecule has 3 heteroatoms. The van der Waals surface area contributed by atoms with Gasteiger partial charge in [-0.15, -0.1) is 0 Å². The van der Waals surface area contributed by atoms with E-state index >= 15 is 0 Å². The summed E-state index contributed by atoms with van der Waals surface area (Å²) < 4.78 is 0. The Hall–Kier alpha value is -1.61. The smallest absolute Gasteiger partial charge is 0.238 e. The number of para-hydroxylation sites is 1. The zero-order valence-electron chi connectivity index (χ0n) is 13.9. The fourth-order valence-electron chi connectivity index (χ4n) is 2.97. The third kappa shape index (κ3) is 4.99. The molecule has 2 N–H and O–H groups in total. The van der Waals surface area contributed by atoms with Gasteiger partial charge in [-0.1, -0.05) is 36.8 Å². The SMILES string of the molecule is CCc1cccc(C)c1NC(=O)CNCCC1=CCCCC1. The lowest BCUT2D eigenvalue weighted by atomic mass is 9.97. The standard InChI is InChI=1S/C19H28N2O/c1-3-17-11-7-8-15(2)19(17)21-18(22)14-20-13-12-16-9-5-4-6-10-16/h7-9,11,20H,3-6,10,12-14H2,1-2H3,(H,21,22). The summed E-state index contributed by atoms with van der Waals surface area (Å²) in [6.45, 7) is 5.41. The Morgan fingerprint density at radius 3 is 2.86 bits per heavy atom. The van der Waals surface area contributed by atoms with Crippen LogP contribution in [0.5, 0.6) is 0 Å². The van der Waals surface area contributed by atoms with Crippen LogP contribution < -0.4 is 10.6 Å². The van der Waals surface area contributed by atoms with Crippen molar-refractivity contribution < 1.29 is 4.79 Å². The predicted molar refractivity (Wildman–Crippen MR) is 93.2 cm³/mol. The molecule has 0 fully saturated rings. The van der Waals surface area contributed by atoms with E-state index in [2.05, 4.69) is 29.7 Å². The number of amides is 1. The van der Waals surface area contributed by atoms with E-state index in [1.54, 1.807) is 5.57 Å². The third-order valence-corrected chi connectivity index (χ3v) is 4.30. The van der Waals surface area contributed by atoms with Crippen molar-refractivity contribution in [1.29, 1.82) is 0 Å². The summed E-state index contributed by atoms with van der Waals surface area (Å²) in [4.78, 5) is 12.1. The minimum Gasteiger partial charge on any atom is -0.324 e. The summed E-state index contributed by atoms with van der Waals surface area (Å²) in [6.07, 6.45) is 9.47. The molecule has 2 rings (SSSR count). The second-order valence-corrected chi connectivity index (χ2v) is 6.05. The van der Waals surface area contributed by atoms with Gasteiger partial charge >= 0.3 is 0 Å². The molecule has 1 aliphatic rings. The normalized spacial score (nSPS) is 14.5. The fourth-order valence-corrected chi connectivity index (χ4v) is 2.97. The number of aryl methyl sites for hydroxylation is 2. The number of hydrogen-bond donors (Lipinski definition) is 2. The maximum Gasteiger partial charge on any atom is 0.238 e. The maximum absolute atomic E-state index is 12.1. The van der Waals surface area contributed by atoms with Crippen molar-refractivity contribution in [3.63, 3.8) is 0 Å². The van der Waals surface area contributed by atoms with Crippen LogP contribution >= 0.6 is 0 Å². The average molecular weight is 300 g/mol. The van der Waals surface area contributed by atoms with Crippen LogP contribution in [-0.2, 0) is 11.2 Å². The topological polar surface area (TPSA) is 41.1 Å². The summed E-state index contributed by atoms with van der Waals surface area (Å²) in [5.41, 5.74) is 4.85. The number of hydrogen-bond acceptors (Lipinski definition) is 2. The zero-order chi connectivity index (χ0) is 15.8. The van der Waals surface area contributed by atoms with Gasteiger partial charge in [0.1, 0.15) is 0 Å². The molecule has 120 valence electrons. The lowest BCUT2D eigenvalue weighted by molar-refractivity contribution is -0.115. The van der Waals surface area contributed by atoms with Gasteiger partial charge in [0.15, 0.2) is 0 Å². The number of benzene rings is 1. The van der Waals surface area contributed by atoms with Crippen LogP contribution in [0.1, 0.15) is 50.2 Å². The molecule has 22 heavy (non-hydrogen) atoms. The summed E-state index contributed by atoms with van der Waals surface area (Å²) in [6, 6.07) is 6.16. The van der Waals surface area contributed by atoms with Crippen molar-refractivity contribution in [3.05, 3.63) is 41.0 Å². The third-order valence-electron chi connectivity index (χ3n) is 4.30. The highest BCUT2D eigenvalue weighted by Crippen LogP contribution is 2.21. The molecule has 1 aromatic rings. The van der Waals surface area contributed by atoms with Gasteiger partial charge in [0.05, 0.1) is 6.54 Å². The Kier molecular flexibility index (Phi) is 6.66. The Morgan fingerprint density at radius 2 is 2.14 bits per heavy atom. The molecule has 0 saturated carbocycles. The van der Waals surface area contributed by atoms with Crippen LogP contribution in [0, 0.1) is 6.92 Å². The van der Waals surface area contributed by atoms with E-state index in [1.165, 1.54) is 31.2 Å². The van der Waals surface area contributed by atoms with E-state index in [0.717, 1.165) is 30.6 Å². The Morgan fingerprint density at radius 1 is 1.27 bits per heavy atom. The lowest BCUT2D eigenvalue weighted by Gasteiger charge is -2.14. The largest absolute Gasteiger partial charge is 0.324 e. The molecular formula is C19H28N2O. The van der Waals surface area contributed by atoms with Gasteiger partial charge in [-0.3, -0.25) is 4.79 Å². The maximum atomic E-state index is 12.1. The Labute approximate surface area is 134 Å². The first kappa shape index (κ1) is 16.8. The average Bonchev–Trinajstić information content (AvgIpc) is 2.54. The second-order valence-electron chi connectivity index (χ2n) is 6.05. The lowest BCUT2D eigenvalue weighted by Crippen LogP contribution is -2.29. The van der Waals surface area contributed by atoms with Gasteiger partial charge in [-0.05, 0) is 63.1 Å². The van der Waals surface area contributed by atoms with Gasteiger partial charge in [-0.2, -0.15) is 0 Å². The highest BCUT2D eigenvalue weighted by Gasteiger charge is 2.08. The van der Waals surface area contributed by atoms with Crippen LogP contribution in [0.25, 0.3) is 0 Å². The summed E-state index contributed by atoms with van der Waals surface area (Å²) in [7, 11) is 0. The van der Waals surface area contributed by atoms with Gasteiger partial charge in [0.25, 0.3) is 0 Å². The highest BCUT2D eigenvalue weighted by atomic mass is 16.1. The van der Waals surface area contributed by atoms with Crippen LogP contribution in [0.15, 0.2) is 29.8 Å². The minimum absolute atomic E-state index is 0.0432. The molecular weight excluding hydrogens is 272 g/mol. The first-order valence-corrected chi connectivity index (χ1v) is 8.47. The fraction of sp³-hybridized carbons (Fsp3) is 0.526. The summed E-state index contributed by atoms with van der Waals surface area (Å²) in [5, 5.41) is 6.31. The molecule has 0 aliphatic heterocycles. The van der Waals surface area contributed by atoms with E-state index in [9.17, 15) is 4.79 Å². The summed E-state index contributed by atoms with van der Waals surface area (Å²) in [5.74, 6) is 0.0432. The molecule has 0 bridgehead atoms. The molecule has 0 atom stereocenters. The Balaban J connectivity index is 1.75. The van der Waals surface area contributed by atoms with E-state index in [4.69, 9.17) is 0 Å². The molecule has 1 aromatic carbocycles. The number of carbonyl (C=O) groups excluding carboxylic acids is 1. The number of nitrogens with one attached hydrogen (secondary N) is 2. The minimum atomic E-state index is 0.0432. The number of carbonyl (C=O) groups is 1. The van der Waals surface area contributed by atoms with Gasteiger partial charge in [0.2, 0.25) is 5.91 Å². The van der Waals surface area contributed by atoms with Crippen LogP contribution in [0.3, 0.4) is 0 Å². The van der Waals surface area contributed by atoms with E-state index < -0.39 is 0 Å². The monoisotopic (exact) mass is 300 g/mol. The first-order valence-electron chi connectivity index (χ1n) is 8.47. The van der Waals surface area contributed by atoms with Crippen molar-refractivity contribution in [2.24, 2.45) is 0 Å². The van der Waals surface area contributed by atoms with Crippen LogP contribution in [0.4, 0.5) is 5.69 Å². The molecule has 0 aromatic heterocycles. The van der Waals surface area contributed by atoms with E-state index in [0.29, 0.717) is 6.54 Å². The van der Waals surface area contributed by atoms with Gasteiger partial charge in [-0.25, -0.2) is 0 Å².